The standard InChI is InChI=1S/C18H26N4O4/c1-18(2,3)20-17(24)21-9-7-13(8-10-21)12-19-16(23)14-5-4-6-15(11-14)22(25)26/h4-6,11,13H,7-10,12H2,1-3H3,(H,19,23)(H,20,24). The number of non-ortho nitro benzene ring substituents is 1. The van der Waals surface area contributed by atoms with Crippen molar-refractivity contribution in [2.75, 3.05) is 19.6 Å². The van der Waals surface area contributed by atoms with E-state index < -0.39 is 4.92 Å². The third kappa shape index (κ3) is 5.72. The number of nitrogens with one attached hydrogen (secondary N) is 2. The molecule has 0 spiro atoms. The molecule has 1 saturated heterocycles. The van der Waals surface area contributed by atoms with Gasteiger partial charge >= 0.3 is 6.03 Å². The van der Waals surface area contributed by atoms with Gasteiger partial charge in [-0.15, -0.1) is 0 Å². The Morgan fingerprint density at radius 3 is 2.50 bits per heavy atom. The van der Waals surface area contributed by atoms with Gasteiger partial charge in [0.05, 0.1) is 4.92 Å². The van der Waals surface area contributed by atoms with Crippen LogP contribution in [0.25, 0.3) is 0 Å². The number of likely N-dealkylation sites (tertiary alicyclic amines) is 1. The minimum atomic E-state index is -0.519. The molecule has 8 heteroatoms. The van der Waals surface area contributed by atoms with Crippen molar-refractivity contribution in [3.05, 3.63) is 39.9 Å². The summed E-state index contributed by atoms with van der Waals surface area (Å²) >= 11 is 0. The van der Waals surface area contributed by atoms with Gasteiger partial charge in [-0.05, 0) is 45.6 Å². The molecule has 0 bridgehead atoms. The molecule has 1 aromatic carbocycles. The molecule has 1 aliphatic rings. The number of amides is 3. The number of nitro groups is 1. The van der Waals surface area contributed by atoms with E-state index in [9.17, 15) is 19.7 Å². The molecule has 0 aromatic heterocycles. The fourth-order valence-electron chi connectivity index (χ4n) is 2.84. The van der Waals surface area contributed by atoms with E-state index >= 15 is 0 Å². The lowest BCUT2D eigenvalue weighted by atomic mass is 9.96. The normalized spacial score (nSPS) is 15.4. The summed E-state index contributed by atoms with van der Waals surface area (Å²) in [5.74, 6) is -0.0297. The van der Waals surface area contributed by atoms with Crippen LogP contribution < -0.4 is 10.6 Å². The summed E-state index contributed by atoms with van der Waals surface area (Å²) in [7, 11) is 0. The smallest absolute Gasteiger partial charge is 0.317 e. The van der Waals surface area contributed by atoms with E-state index in [0.29, 0.717) is 19.6 Å². The number of nitrogens with zero attached hydrogens (tertiary/aromatic N) is 2. The van der Waals surface area contributed by atoms with Gasteiger partial charge in [0.2, 0.25) is 0 Å². The molecule has 142 valence electrons. The Morgan fingerprint density at radius 1 is 1.27 bits per heavy atom. The first-order valence-electron chi connectivity index (χ1n) is 8.75. The first-order chi connectivity index (χ1) is 12.2. The summed E-state index contributed by atoms with van der Waals surface area (Å²) in [6.07, 6.45) is 1.62. The number of urea groups is 1. The molecule has 0 unspecified atom stereocenters. The molecule has 0 saturated carbocycles. The molecule has 26 heavy (non-hydrogen) atoms. The molecule has 0 atom stereocenters. The zero-order chi connectivity index (χ0) is 19.3. The Hall–Kier alpha value is -2.64. The molecule has 0 radical (unpaired) electrons. The largest absolute Gasteiger partial charge is 0.352 e. The molecule has 3 amide bonds. The summed E-state index contributed by atoms with van der Waals surface area (Å²) in [4.78, 5) is 36.4. The fourth-order valence-corrected chi connectivity index (χ4v) is 2.84. The van der Waals surface area contributed by atoms with Crippen LogP contribution in [0, 0.1) is 16.0 Å². The topological polar surface area (TPSA) is 105 Å². The second-order valence-electron chi connectivity index (χ2n) is 7.63. The third-order valence-corrected chi connectivity index (χ3v) is 4.25. The predicted octanol–water partition coefficient (Wildman–Crippen LogP) is 2.54. The van der Waals surface area contributed by atoms with Crippen LogP contribution in [-0.2, 0) is 0 Å². The monoisotopic (exact) mass is 362 g/mol. The highest BCUT2D eigenvalue weighted by Crippen LogP contribution is 2.18. The predicted molar refractivity (Wildman–Crippen MR) is 98.0 cm³/mol. The first kappa shape index (κ1) is 19.7. The highest BCUT2D eigenvalue weighted by Gasteiger charge is 2.25. The summed E-state index contributed by atoms with van der Waals surface area (Å²) in [5, 5.41) is 16.6. The highest BCUT2D eigenvalue weighted by molar-refractivity contribution is 5.94. The van der Waals surface area contributed by atoms with E-state index in [-0.39, 0.29) is 34.6 Å². The SMILES string of the molecule is CC(C)(C)NC(=O)N1CCC(CNC(=O)c2cccc([N+](=O)[O-])c2)CC1. The lowest BCUT2D eigenvalue weighted by Gasteiger charge is -2.34. The lowest BCUT2D eigenvalue weighted by Crippen LogP contribution is -2.51. The third-order valence-electron chi connectivity index (χ3n) is 4.25. The Labute approximate surface area is 153 Å². The van der Waals surface area contributed by atoms with Gasteiger partial charge in [0.25, 0.3) is 11.6 Å². The quantitative estimate of drug-likeness (QED) is 0.634. The molecule has 8 nitrogen and oxygen atoms in total. The Balaban J connectivity index is 1.79. The number of carbonyl (C=O) groups excluding carboxylic acids is 2. The van der Waals surface area contributed by atoms with E-state index in [1.54, 1.807) is 11.0 Å². The average Bonchev–Trinajstić information content (AvgIpc) is 2.58. The average molecular weight is 362 g/mol. The van der Waals surface area contributed by atoms with Gasteiger partial charge < -0.3 is 15.5 Å². The minimum Gasteiger partial charge on any atom is -0.352 e. The molecule has 1 heterocycles. The van der Waals surface area contributed by atoms with Gasteiger partial charge in [-0.3, -0.25) is 14.9 Å². The Kier molecular flexibility index (Phi) is 6.18. The molecular weight excluding hydrogens is 336 g/mol. The number of nitro benzene ring substituents is 1. The van der Waals surface area contributed by atoms with Crippen molar-refractivity contribution in [2.45, 2.75) is 39.2 Å². The van der Waals surface area contributed by atoms with Crippen LogP contribution >= 0.6 is 0 Å². The van der Waals surface area contributed by atoms with Crippen LogP contribution in [0.15, 0.2) is 24.3 Å². The van der Waals surface area contributed by atoms with E-state index in [2.05, 4.69) is 10.6 Å². The molecular formula is C18H26N4O4. The van der Waals surface area contributed by atoms with Gasteiger partial charge in [0.15, 0.2) is 0 Å². The second kappa shape index (κ2) is 8.16. The Morgan fingerprint density at radius 2 is 1.92 bits per heavy atom. The maximum Gasteiger partial charge on any atom is 0.317 e. The molecule has 1 aliphatic heterocycles. The van der Waals surface area contributed by atoms with Gasteiger partial charge in [-0.25, -0.2) is 4.79 Å². The number of rotatable bonds is 4. The summed E-state index contributed by atoms with van der Waals surface area (Å²) in [5.41, 5.74) is -0.0859. The van der Waals surface area contributed by atoms with Crippen LogP contribution in [-0.4, -0.2) is 46.9 Å². The fraction of sp³-hybridized carbons (Fsp3) is 0.556. The zero-order valence-corrected chi connectivity index (χ0v) is 15.4. The van der Waals surface area contributed by atoms with Crippen LogP contribution in [0.4, 0.5) is 10.5 Å². The maximum atomic E-state index is 12.2. The number of hydrogen-bond acceptors (Lipinski definition) is 4. The molecule has 2 N–H and O–H groups in total. The van der Waals surface area contributed by atoms with E-state index in [1.807, 2.05) is 20.8 Å². The van der Waals surface area contributed by atoms with Gasteiger partial charge in [0.1, 0.15) is 0 Å². The van der Waals surface area contributed by atoms with E-state index in [1.165, 1.54) is 18.2 Å². The minimum absolute atomic E-state index is 0.0587. The van der Waals surface area contributed by atoms with Crippen molar-refractivity contribution in [3.63, 3.8) is 0 Å². The van der Waals surface area contributed by atoms with Crippen LogP contribution in [0.5, 0.6) is 0 Å². The van der Waals surface area contributed by atoms with Crippen molar-refractivity contribution in [1.29, 1.82) is 0 Å². The van der Waals surface area contributed by atoms with E-state index in [0.717, 1.165) is 12.8 Å². The Bertz CT molecular complexity index is 676. The van der Waals surface area contributed by atoms with Crippen molar-refractivity contribution < 1.29 is 14.5 Å². The van der Waals surface area contributed by atoms with Gasteiger partial charge in [0, 0.05) is 42.9 Å². The van der Waals surface area contributed by atoms with E-state index in [4.69, 9.17) is 0 Å². The summed E-state index contributed by atoms with van der Waals surface area (Å²) in [6.45, 7) is 7.64. The number of hydrogen-bond donors (Lipinski definition) is 2. The number of carbonyl (C=O) groups is 2. The highest BCUT2D eigenvalue weighted by atomic mass is 16.6. The first-order valence-corrected chi connectivity index (χ1v) is 8.75. The zero-order valence-electron chi connectivity index (χ0n) is 15.4. The molecule has 0 aliphatic carbocycles. The van der Waals surface area contributed by atoms with Crippen molar-refractivity contribution in [1.82, 2.24) is 15.5 Å². The molecule has 2 rings (SSSR count). The van der Waals surface area contributed by atoms with Crippen molar-refractivity contribution in [2.24, 2.45) is 5.92 Å². The number of piperidine rings is 1. The summed E-state index contributed by atoms with van der Waals surface area (Å²) < 4.78 is 0. The lowest BCUT2D eigenvalue weighted by molar-refractivity contribution is -0.384. The summed E-state index contributed by atoms with van der Waals surface area (Å²) in [6, 6.07) is 5.63. The molecule has 1 fully saturated rings. The van der Waals surface area contributed by atoms with Gasteiger partial charge in [-0.2, -0.15) is 0 Å². The van der Waals surface area contributed by atoms with Crippen molar-refractivity contribution >= 4 is 17.6 Å². The van der Waals surface area contributed by atoms with Crippen molar-refractivity contribution in [3.8, 4) is 0 Å². The molecule has 1 aromatic rings. The van der Waals surface area contributed by atoms with Crippen LogP contribution in [0.2, 0.25) is 0 Å². The number of benzene rings is 1. The maximum absolute atomic E-state index is 12.2. The second-order valence-corrected chi connectivity index (χ2v) is 7.63. The van der Waals surface area contributed by atoms with Crippen LogP contribution in [0.3, 0.4) is 0 Å². The van der Waals surface area contributed by atoms with Crippen LogP contribution in [0.1, 0.15) is 44.0 Å². The van der Waals surface area contributed by atoms with Gasteiger partial charge in [-0.1, -0.05) is 6.07 Å².